The molecule has 0 aliphatic carbocycles. The molecule has 3 aliphatic rings. The van der Waals surface area contributed by atoms with E-state index in [1.807, 2.05) is 0 Å². The molecule has 13 aromatic rings. The van der Waals surface area contributed by atoms with Gasteiger partial charge >= 0.3 is 0 Å². The quantitative estimate of drug-likeness (QED) is 0.161. The molecular formula is C62H37BN4OS. The number of rotatable bonds is 5. The molecule has 320 valence electrons. The van der Waals surface area contributed by atoms with Crippen molar-refractivity contribution in [1.82, 2.24) is 4.57 Å². The third-order valence-electron chi connectivity index (χ3n) is 12.2. The van der Waals surface area contributed by atoms with Crippen molar-refractivity contribution in [2.75, 3.05) is 14.7 Å². The first-order chi connectivity index (χ1) is 49.7. The standard InChI is InChI=1S/C62H37BN4OS/c1-4-16-38(17-5-1)39-30-33-55-48(34-39)60-62(68-55)63-49-25-15-28-52-61(49)67(51-27-14-24-47-44-22-10-12-26-50(44)66(52)59(47)51)54-36-43(64(40-18-6-2-7-19-40)41-20-8-3-9-21-41)35-53(58(54)63)65(60)42-31-32-46-45-23-11-13-29-56(45)69-57(46)37-42/h1-37H/i1D,2D,3D,4D,5D,6D,7D,8D,9D,10D,11D,12D,13D,14D,15D,16D,17D,18D,19D,20D,21D,22D,23D,24D,25D,26D,27D,28D,29D,30D,31D,32D,33D,34D,35D,36D,37D. The highest BCUT2D eigenvalue weighted by molar-refractivity contribution is 7.25. The first kappa shape index (κ1) is 16.8. The van der Waals surface area contributed by atoms with Crippen LogP contribution in [-0.2, 0) is 0 Å². The lowest BCUT2D eigenvalue weighted by Crippen LogP contribution is -2.61. The summed E-state index contributed by atoms with van der Waals surface area (Å²) < 4.78 is 358. The normalized spacial score (nSPS) is 20.6. The first-order valence-electron chi connectivity index (χ1n) is 39.1. The van der Waals surface area contributed by atoms with Gasteiger partial charge in [0.25, 0.3) is 6.71 Å². The van der Waals surface area contributed by atoms with E-state index in [-0.39, 0.29) is 10.1 Å². The molecule has 5 nitrogen and oxygen atoms in total. The fraction of sp³-hybridized carbons (Fsp3) is 0. The van der Waals surface area contributed by atoms with E-state index in [1.165, 1.54) is 0 Å². The summed E-state index contributed by atoms with van der Waals surface area (Å²) >= 11 is 0.503. The van der Waals surface area contributed by atoms with Gasteiger partial charge in [0.2, 0.25) is 0 Å². The number of hydrogen-bond acceptors (Lipinski definition) is 5. The van der Waals surface area contributed by atoms with E-state index in [2.05, 4.69) is 0 Å². The van der Waals surface area contributed by atoms with Crippen LogP contribution in [-0.4, -0.2) is 11.3 Å². The molecule has 0 bridgehead atoms. The first-order valence-corrected chi connectivity index (χ1v) is 21.4. The fourth-order valence-corrected chi connectivity index (χ4v) is 10.5. The van der Waals surface area contributed by atoms with Crippen molar-refractivity contribution >= 4 is 139 Å². The van der Waals surface area contributed by atoms with Crippen LogP contribution in [0, 0.1) is 0 Å². The summed E-state index contributed by atoms with van der Waals surface area (Å²) in [5.41, 5.74) is -15.0. The smallest absolute Gasteiger partial charge is 0.297 e. The van der Waals surface area contributed by atoms with Gasteiger partial charge in [-0.05, 0) is 107 Å². The van der Waals surface area contributed by atoms with Crippen LogP contribution >= 0.6 is 11.3 Å². The maximum absolute atomic E-state index is 11.2. The molecular weight excluding hydrogens is 860 g/mol. The summed E-state index contributed by atoms with van der Waals surface area (Å²) in [7, 11) is 0. The number of furan rings is 1. The Labute approximate surface area is 453 Å². The van der Waals surface area contributed by atoms with Crippen molar-refractivity contribution in [2.45, 2.75) is 0 Å². The molecule has 3 aliphatic heterocycles. The Balaban J connectivity index is 1.24. The van der Waals surface area contributed by atoms with Crippen LogP contribution in [0.1, 0.15) is 50.7 Å². The van der Waals surface area contributed by atoms with Crippen LogP contribution in [0.5, 0.6) is 0 Å². The molecule has 0 unspecified atom stereocenters. The van der Waals surface area contributed by atoms with Gasteiger partial charge in [-0.15, -0.1) is 11.3 Å². The molecule has 0 saturated carbocycles. The second-order valence-corrected chi connectivity index (χ2v) is 16.6. The third-order valence-corrected chi connectivity index (χ3v) is 13.2. The summed E-state index contributed by atoms with van der Waals surface area (Å²) in [6, 6.07) is -38.1. The summed E-state index contributed by atoms with van der Waals surface area (Å²) in [5.74, 6) is 0. The molecule has 16 rings (SSSR count). The molecule has 6 heterocycles. The van der Waals surface area contributed by atoms with E-state index >= 15 is 0 Å². The second-order valence-electron chi connectivity index (χ2n) is 15.6. The Morgan fingerprint density at radius 2 is 1.12 bits per heavy atom. The number of para-hydroxylation sites is 5. The van der Waals surface area contributed by atoms with Crippen LogP contribution < -0.4 is 31.3 Å². The predicted molar refractivity (Wildman–Crippen MR) is 291 cm³/mol. The van der Waals surface area contributed by atoms with Gasteiger partial charge in [-0.2, -0.15) is 0 Å². The van der Waals surface area contributed by atoms with Crippen molar-refractivity contribution in [3.8, 4) is 16.8 Å². The van der Waals surface area contributed by atoms with Crippen LogP contribution in [0.4, 0.5) is 51.2 Å². The van der Waals surface area contributed by atoms with E-state index < -0.39 is 358 Å². The Kier molecular flexibility index (Phi) is 3.38. The van der Waals surface area contributed by atoms with Crippen LogP contribution in [0.15, 0.2) is 228 Å². The topological polar surface area (TPSA) is 27.8 Å². The van der Waals surface area contributed by atoms with Gasteiger partial charge in [0.05, 0.1) is 95.8 Å². The Hall–Kier alpha value is -8.78. The van der Waals surface area contributed by atoms with E-state index in [0.717, 1.165) is 14.4 Å². The van der Waals surface area contributed by atoms with Crippen molar-refractivity contribution in [3.63, 3.8) is 0 Å². The summed E-state index contributed by atoms with van der Waals surface area (Å²) in [5, 5.41) is -2.65. The van der Waals surface area contributed by atoms with Gasteiger partial charge in [0.15, 0.2) is 0 Å². The van der Waals surface area contributed by atoms with E-state index in [4.69, 9.17) is 25.0 Å². The van der Waals surface area contributed by atoms with Crippen LogP contribution in [0.2, 0.25) is 0 Å². The number of nitrogens with zero attached hydrogens (tertiary/aromatic N) is 4. The van der Waals surface area contributed by atoms with Gasteiger partial charge in [-0.3, -0.25) is 0 Å². The minimum Gasteiger partial charge on any atom is -0.468 e. The molecule has 0 spiro atoms. The number of hydrogen-bond donors (Lipinski definition) is 0. The van der Waals surface area contributed by atoms with Crippen molar-refractivity contribution in [3.05, 3.63) is 224 Å². The number of fused-ring (bicyclic) bond motifs is 14. The molecule has 0 atom stereocenters. The lowest BCUT2D eigenvalue weighted by atomic mass is 9.35. The number of aromatic nitrogens is 1. The molecule has 7 heteroatoms. The highest BCUT2D eigenvalue weighted by Gasteiger charge is 2.49. The van der Waals surface area contributed by atoms with Gasteiger partial charge in [-0.25, -0.2) is 0 Å². The number of benzene rings is 10. The predicted octanol–water partition coefficient (Wildman–Crippen LogP) is 15.4. The lowest BCUT2D eigenvalue weighted by Gasteiger charge is -2.45. The zero-order valence-electron chi connectivity index (χ0n) is 71.2. The van der Waals surface area contributed by atoms with Crippen LogP contribution in [0.3, 0.4) is 0 Å². The van der Waals surface area contributed by atoms with Gasteiger partial charge in [-0.1, -0.05) is 139 Å². The number of thiophene rings is 1. The van der Waals surface area contributed by atoms with E-state index in [0.29, 0.717) is 16.2 Å². The summed E-state index contributed by atoms with van der Waals surface area (Å²) in [6.07, 6.45) is 0. The zero-order chi connectivity index (χ0) is 77.1. The summed E-state index contributed by atoms with van der Waals surface area (Å²) in [4.78, 5) is 2.00. The minimum absolute atomic E-state index is 0.269. The largest absolute Gasteiger partial charge is 0.468 e. The Bertz CT molecular complexity index is 6390. The van der Waals surface area contributed by atoms with E-state index in [1.54, 1.807) is 0 Å². The molecule has 0 saturated heterocycles. The second kappa shape index (κ2) is 13.9. The van der Waals surface area contributed by atoms with Gasteiger partial charge in [0.1, 0.15) is 5.58 Å². The number of anilines is 9. The average Bonchev–Trinajstić information content (AvgIpc) is 1.30. The van der Waals surface area contributed by atoms with Crippen molar-refractivity contribution in [1.29, 1.82) is 0 Å². The van der Waals surface area contributed by atoms with Crippen molar-refractivity contribution in [2.24, 2.45) is 0 Å². The Morgan fingerprint density at radius 3 is 1.93 bits per heavy atom. The molecule has 69 heavy (non-hydrogen) atoms. The Morgan fingerprint density at radius 1 is 0.449 bits per heavy atom. The van der Waals surface area contributed by atoms with Crippen molar-refractivity contribution < 1.29 is 55.1 Å². The monoisotopic (exact) mass is 934 g/mol. The highest BCUT2D eigenvalue weighted by Crippen LogP contribution is 2.55. The molecule has 0 amide bonds. The SMILES string of the molecule is [2H]c1c([2H])c([2H])c(-c2c([2H])c([2H])c3oc4c(c3c2[2H])N(c2c([2H])c([2H])c3c(sc5c([2H])c([2H])c([2H])c([2H])c53)c2[2H])c2c([2H])c(N(c3c([2H])c([2H])c([2H])c([2H])c3[2H])c3c([2H])c([2H])c([2H])c([2H])c3[2H])c([2H])c3c2B4c2c([2H])c([2H])c([2H])c4c2N3c2c([2H])c([2H])c([2H])c3c5c([2H])c([2H])c([2H])c([2H])c5n-4c23)c([2H])c1[2H]. The van der Waals surface area contributed by atoms with Gasteiger partial charge < -0.3 is 23.7 Å². The molecule has 0 N–H and O–H groups in total. The average molecular weight is 934 g/mol. The maximum Gasteiger partial charge on any atom is 0.297 e. The van der Waals surface area contributed by atoms with Crippen LogP contribution in [0.25, 0.3) is 69.8 Å². The summed E-state index contributed by atoms with van der Waals surface area (Å²) in [6.45, 7) is -2.23. The molecule has 3 aromatic heterocycles. The molecule has 0 fully saturated rings. The maximum atomic E-state index is 11.2. The zero-order valence-corrected chi connectivity index (χ0v) is 35.0. The highest BCUT2D eigenvalue weighted by atomic mass is 32.1. The fourth-order valence-electron chi connectivity index (χ4n) is 9.54. The molecule has 10 aromatic carbocycles. The third kappa shape index (κ3) is 5.09. The van der Waals surface area contributed by atoms with Gasteiger partial charge in [0, 0.05) is 64.8 Å². The molecule has 0 radical (unpaired) electrons. The van der Waals surface area contributed by atoms with E-state index in [9.17, 15) is 30.2 Å². The lowest BCUT2D eigenvalue weighted by molar-refractivity contribution is 0.651. The minimum atomic E-state index is -2.23.